The van der Waals surface area contributed by atoms with E-state index >= 15 is 0 Å². The molecule has 158 valence electrons. The van der Waals surface area contributed by atoms with Crippen LogP contribution in [0.5, 0.6) is 5.75 Å². The van der Waals surface area contributed by atoms with E-state index in [0.717, 1.165) is 28.1 Å². The first-order valence-electron chi connectivity index (χ1n) is 9.01. The first kappa shape index (κ1) is 21.6. The van der Waals surface area contributed by atoms with Crippen LogP contribution in [0.2, 0.25) is 5.02 Å². The molecule has 3 aromatic rings. The molecule has 0 bridgehead atoms. The fourth-order valence-electron chi connectivity index (χ4n) is 2.73. The molecule has 30 heavy (non-hydrogen) atoms. The highest BCUT2D eigenvalue weighted by molar-refractivity contribution is 6.32. The Morgan fingerprint density at radius 3 is 2.63 bits per heavy atom. The normalized spacial score (nSPS) is 12.5. The maximum atomic E-state index is 12.7. The van der Waals surface area contributed by atoms with E-state index in [9.17, 15) is 18.0 Å². The molecular formula is C20H18ClF3N4O2. The molecule has 1 aromatic carbocycles. The maximum absolute atomic E-state index is 12.7. The van der Waals surface area contributed by atoms with Gasteiger partial charge in [0.2, 0.25) is 0 Å². The van der Waals surface area contributed by atoms with Gasteiger partial charge in [0, 0.05) is 12.2 Å². The highest BCUT2D eigenvalue weighted by atomic mass is 35.5. The molecule has 6 nitrogen and oxygen atoms in total. The number of nitrogens with one attached hydrogen (secondary N) is 1. The van der Waals surface area contributed by atoms with Crippen molar-refractivity contribution in [3.05, 3.63) is 75.3 Å². The van der Waals surface area contributed by atoms with Gasteiger partial charge in [-0.1, -0.05) is 23.7 Å². The lowest BCUT2D eigenvalue weighted by atomic mass is 10.1. The molecule has 2 heterocycles. The van der Waals surface area contributed by atoms with Gasteiger partial charge in [-0.05, 0) is 43.7 Å². The summed E-state index contributed by atoms with van der Waals surface area (Å²) in [5.41, 5.74) is -0.430. The van der Waals surface area contributed by atoms with Gasteiger partial charge in [-0.3, -0.25) is 4.79 Å². The summed E-state index contributed by atoms with van der Waals surface area (Å²) in [6.07, 6.45) is -2.56. The molecule has 0 aliphatic rings. The van der Waals surface area contributed by atoms with Gasteiger partial charge in [0.1, 0.15) is 10.8 Å². The molecule has 0 amide bonds. The molecule has 2 aromatic heterocycles. The molecule has 3 rings (SSSR count). The minimum atomic E-state index is -4.52. The van der Waals surface area contributed by atoms with Gasteiger partial charge in [0.05, 0.1) is 24.1 Å². The summed E-state index contributed by atoms with van der Waals surface area (Å²) in [7, 11) is 0. The number of aromatic nitrogens is 3. The van der Waals surface area contributed by atoms with E-state index in [0.29, 0.717) is 18.5 Å². The number of benzene rings is 1. The summed E-state index contributed by atoms with van der Waals surface area (Å²) in [4.78, 5) is 16.2. The second-order valence-corrected chi connectivity index (χ2v) is 6.74. The van der Waals surface area contributed by atoms with E-state index in [-0.39, 0.29) is 16.9 Å². The van der Waals surface area contributed by atoms with Gasteiger partial charge in [-0.2, -0.15) is 23.0 Å². The highest BCUT2D eigenvalue weighted by Gasteiger charge is 2.30. The Morgan fingerprint density at radius 1 is 1.23 bits per heavy atom. The van der Waals surface area contributed by atoms with Gasteiger partial charge in [-0.25, -0.2) is 4.98 Å². The summed E-state index contributed by atoms with van der Waals surface area (Å²) in [6, 6.07) is 9.13. The molecule has 0 aliphatic heterocycles. The Balaban J connectivity index is 1.84. The summed E-state index contributed by atoms with van der Waals surface area (Å²) < 4.78 is 44.4. The van der Waals surface area contributed by atoms with Crippen molar-refractivity contribution in [1.82, 2.24) is 14.8 Å². The zero-order valence-electron chi connectivity index (χ0n) is 16.1. The van der Waals surface area contributed by atoms with Crippen molar-refractivity contribution in [2.45, 2.75) is 26.1 Å². The Hall–Kier alpha value is -3.07. The molecule has 1 unspecified atom stereocenters. The van der Waals surface area contributed by atoms with Crippen molar-refractivity contribution in [2.75, 3.05) is 11.9 Å². The summed E-state index contributed by atoms with van der Waals surface area (Å²) >= 11 is 6.20. The van der Waals surface area contributed by atoms with E-state index in [4.69, 9.17) is 16.3 Å². The van der Waals surface area contributed by atoms with Gasteiger partial charge >= 0.3 is 6.18 Å². The van der Waals surface area contributed by atoms with Crippen LogP contribution in [0, 0.1) is 0 Å². The third-order valence-corrected chi connectivity index (χ3v) is 4.62. The third-order valence-electron chi connectivity index (χ3n) is 4.25. The first-order valence-corrected chi connectivity index (χ1v) is 9.39. The molecule has 1 atom stereocenters. The third kappa shape index (κ3) is 4.73. The highest BCUT2D eigenvalue weighted by Crippen LogP contribution is 2.29. The quantitative estimate of drug-likeness (QED) is 0.594. The van der Waals surface area contributed by atoms with Crippen LogP contribution in [-0.2, 0) is 6.18 Å². The van der Waals surface area contributed by atoms with Crippen molar-refractivity contribution >= 4 is 17.3 Å². The first-order chi connectivity index (χ1) is 14.2. The SMILES string of the molecule is CCOc1cccc(C(C)Nc2cnn(-c3ccc(C(F)(F)F)cn3)c(=O)c2Cl)c1. The van der Waals surface area contributed by atoms with Crippen LogP contribution in [0.15, 0.2) is 53.6 Å². The van der Waals surface area contributed by atoms with Gasteiger partial charge < -0.3 is 10.1 Å². The van der Waals surface area contributed by atoms with E-state index in [1.54, 1.807) is 0 Å². The van der Waals surface area contributed by atoms with Gasteiger partial charge in [0.25, 0.3) is 5.56 Å². The number of alkyl halides is 3. The number of halogens is 4. The van der Waals surface area contributed by atoms with E-state index in [1.807, 2.05) is 38.1 Å². The van der Waals surface area contributed by atoms with Crippen molar-refractivity contribution in [3.63, 3.8) is 0 Å². The number of anilines is 1. The number of hydrogen-bond donors (Lipinski definition) is 1. The lowest BCUT2D eigenvalue weighted by Gasteiger charge is -2.17. The minimum absolute atomic E-state index is 0.0704. The largest absolute Gasteiger partial charge is 0.494 e. The maximum Gasteiger partial charge on any atom is 0.417 e. The summed E-state index contributed by atoms with van der Waals surface area (Å²) in [6.45, 7) is 4.31. The Labute approximate surface area is 175 Å². The number of rotatable bonds is 6. The Kier molecular flexibility index (Phi) is 6.31. The van der Waals surface area contributed by atoms with Crippen molar-refractivity contribution < 1.29 is 17.9 Å². The fraction of sp³-hybridized carbons (Fsp3) is 0.250. The predicted octanol–water partition coefficient (Wildman–Crippen LogP) is 4.87. The average molecular weight is 439 g/mol. The molecule has 0 saturated carbocycles. The molecule has 0 fully saturated rings. The lowest BCUT2D eigenvalue weighted by molar-refractivity contribution is -0.137. The van der Waals surface area contributed by atoms with E-state index in [2.05, 4.69) is 15.4 Å². The van der Waals surface area contributed by atoms with Crippen LogP contribution in [0.25, 0.3) is 5.82 Å². The zero-order valence-corrected chi connectivity index (χ0v) is 16.8. The Morgan fingerprint density at radius 2 is 2.00 bits per heavy atom. The van der Waals surface area contributed by atoms with Crippen LogP contribution in [-0.4, -0.2) is 21.4 Å². The van der Waals surface area contributed by atoms with Crippen LogP contribution < -0.4 is 15.6 Å². The lowest BCUT2D eigenvalue weighted by Crippen LogP contribution is -2.24. The monoisotopic (exact) mass is 438 g/mol. The van der Waals surface area contributed by atoms with Gasteiger partial charge in [-0.15, -0.1) is 0 Å². The van der Waals surface area contributed by atoms with Crippen molar-refractivity contribution in [2.24, 2.45) is 0 Å². The van der Waals surface area contributed by atoms with Crippen LogP contribution >= 0.6 is 11.6 Å². The molecule has 10 heteroatoms. The van der Waals surface area contributed by atoms with Crippen LogP contribution in [0.1, 0.15) is 31.0 Å². The van der Waals surface area contributed by atoms with Crippen LogP contribution in [0.3, 0.4) is 0 Å². The second kappa shape index (κ2) is 8.74. The van der Waals surface area contributed by atoms with Crippen molar-refractivity contribution in [1.29, 1.82) is 0 Å². The molecule has 0 radical (unpaired) electrons. The fourth-order valence-corrected chi connectivity index (χ4v) is 2.92. The van der Waals surface area contributed by atoms with Gasteiger partial charge in [0.15, 0.2) is 5.82 Å². The topological polar surface area (TPSA) is 69.0 Å². The standard InChI is InChI=1S/C20H18ClF3N4O2/c1-3-30-15-6-4-5-13(9-15)12(2)27-16-11-26-28(19(29)18(16)21)17-8-7-14(10-25-17)20(22,23)24/h4-12,27H,3H2,1-2H3. The Bertz CT molecular complexity index is 1080. The van der Waals surface area contributed by atoms with Crippen molar-refractivity contribution in [3.8, 4) is 11.6 Å². The summed E-state index contributed by atoms with van der Waals surface area (Å²) in [5.74, 6) is 0.649. The molecule has 0 aliphatic carbocycles. The molecule has 1 N–H and O–H groups in total. The molecule has 0 saturated heterocycles. The predicted molar refractivity (Wildman–Crippen MR) is 107 cm³/mol. The second-order valence-electron chi connectivity index (χ2n) is 6.36. The van der Waals surface area contributed by atoms with Crippen LogP contribution in [0.4, 0.5) is 18.9 Å². The zero-order chi connectivity index (χ0) is 21.9. The average Bonchev–Trinajstić information content (AvgIpc) is 2.71. The van der Waals surface area contributed by atoms with E-state index < -0.39 is 17.3 Å². The number of hydrogen-bond acceptors (Lipinski definition) is 5. The molecular weight excluding hydrogens is 421 g/mol. The number of ether oxygens (including phenoxy) is 1. The molecule has 0 spiro atoms. The number of nitrogens with zero attached hydrogens (tertiary/aromatic N) is 3. The number of pyridine rings is 1. The minimum Gasteiger partial charge on any atom is -0.494 e. The summed E-state index contributed by atoms with van der Waals surface area (Å²) in [5, 5.41) is 6.94. The smallest absolute Gasteiger partial charge is 0.417 e. The van der Waals surface area contributed by atoms with E-state index in [1.165, 1.54) is 6.20 Å².